The van der Waals surface area contributed by atoms with Gasteiger partial charge in [-0.2, -0.15) is 0 Å². The van der Waals surface area contributed by atoms with Crippen molar-refractivity contribution in [3.63, 3.8) is 0 Å². The Bertz CT molecular complexity index is 330. The molecule has 1 N–H and O–H groups in total. The van der Waals surface area contributed by atoms with Crippen LogP contribution in [0.15, 0.2) is 0 Å². The molecule has 1 heterocycles. The molecule has 0 aromatic carbocycles. The van der Waals surface area contributed by atoms with Gasteiger partial charge in [0.25, 0.3) is 5.19 Å². The molecule has 19 heavy (non-hydrogen) atoms. The molecule has 0 radical (unpaired) electrons. The molecule has 0 aliphatic carbocycles. The molecule has 0 aliphatic rings. The maximum Gasteiger partial charge on any atom is 0.294 e. The second kappa shape index (κ2) is 10.1. The third-order valence-electron chi connectivity index (χ3n) is 2.92. The van der Waals surface area contributed by atoms with Crippen LogP contribution in [0.5, 0.6) is 5.19 Å². The number of unbranched alkanes of at least 4 members (excludes halogenated alkanes) is 3. The summed E-state index contributed by atoms with van der Waals surface area (Å²) in [6.45, 7) is 8.31. The highest BCUT2D eigenvalue weighted by Crippen LogP contribution is 2.20. The van der Waals surface area contributed by atoms with E-state index >= 15 is 0 Å². The van der Waals surface area contributed by atoms with Crippen molar-refractivity contribution < 1.29 is 4.74 Å². The van der Waals surface area contributed by atoms with E-state index in [2.05, 4.69) is 36.3 Å². The Morgan fingerprint density at radius 2 is 2.00 bits per heavy atom. The summed E-state index contributed by atoms with van der Waals surface area (Å²) in [5.74, 6) is 0. The molecule has 1 atom stereocenters. The molecule has 110 valence electrons. The second-order valence-electron chi connectivity index (χ2n) is 4.92. The zero-order valence-corrected chi connectivity index (χ0v) is 13.3. The largest absolute Gasteiger partial charge is 0.466 e. The van der Waals surface area contributed by atoms with E-state index in [9.17, 15) is 0 Å². The minimum atomic E-state index is 0.237. The van der Waals surface area contributed by atoms with Gasteiger partial charge in [-0.1, -0.05) is 49.5 Å². The van der Waals surface area contributed by atoms with Crippen molar-refractivity contribution in [2.45, 2.75) is 71.9 Å². The predicted molar refractivity (Wildman–Crippen MR) is 80.8 cm³/mol. The first kappa shape index (κ1) is 16.4. The van der Waals surface area contributed by atoms with Crippen LogP contribution in [0.2, 0.25) is 0 Å². The quantitative estimate of drug-likeness (QED) is 0.629. The van der Waals surface area contributed by atoms with Crippen molar-refractivity contribution in [1.29, 1.82) is 0 Å². The number of ether oxygens (including phenoxy) is 1. The van der Waals surface area contributed by atoms with Gasteiger partial charge in [0.1, 0.15) is 5.01 Å². The van der Waals surface area contributed by atoms with Crippen LogP contribution in [0, 0.1) is 0 Å². The fourth-order valence-corrected chi connectivity index (χ4v) is 2.57. The lowest BCUT2D eigenvalue weighted by molar-refractivity contribution is 0.204. The molecule has 5 heteroatoms. The van der Waals surface area contributed by atoms with Crippen molar-refractivity contribution in [3.05, 3.63) is 5.01 Å². The van der Waals surface area contributed by atoms with E-state index in [4.69, 9.17) is 4.74 Å². The van der Waals surface area contributed by atoms with E-state index in [-0.39, 0.29) is 6.10 Å². The topological polar surface area (TPSA) is 47.0 Å². The zero-order valence-electron chi connectivity index (χ0n) is 12.4. The predicted octanol–water partition coefficient (Wildman–Crippen LogP) is 3.78. The van der Waals surface area contributed by atoms with Gasteiger partial charge in [0, 0.05) is 6.54 Å². The van der Waals surface area contributed by atoms with Crippen molar-refractivity contribution in [3.8, 4) is 5.19 Å². The Hall–Kier alpha value is -0.680. The van der Waals surface area contributed by atoms with E-state index in [0.717, 1.165) is 30.9 Å². The molecule has 1 aromatic heterocycles. The van der Waals surface area contributed by atoms with Gasteiger partial charge >= 0.3 is 0 Å². The summed E-state index contributed by atoms with van der Waals surface area (Å²) < 4.78 is 5.80. The lowest BCUT2D eigenvalue weighted by atomic mass is 10.1. The van der Waals surface area contributed by atoms with Gasteiger partial charge in [0.2, 0.25) is 0 Å². The standard InChI is InChI=1S/C14H27N3OS/c1-4-6-7-8-9-12(3)18-14-17-16-13(19-14)11-15-10-5-2/h12,15H,4-11H2,1-3H3. The normalized spacial score (nSPS) is 12.6. The highest BCUT2D eigenvalue weighted by Gasteiger charge is 2.09. The lowest BCUT2D eigenvalue weighted by Crippen LogP contribution is -2.13. The SMILES string of the molecule is CCCCCCC(C)Oc1nnc(CNCCC)s1. The van der Waals surface area contributed by atoms with E-state index in [1.807, 2.05) is 0 Å². The summed E-state index contributed by atoms with van der Waals surface area (Å²) in [4.78, 5) is 0. The van der Waals surface area contributed by atoms with E-state index in [1.54, 1.807) is 11.3 Å². The van der Waals surface area contributed by atoms with Crippen molar-refractivity contribution in [1.82, 2.24) is 15.5 Å². The minimum absolute atomic E-state index is 0.237. The average Bonchev–Trinajstić information content (AvgIpc) is 2.83. The first-order valence-corrected chi connectivity index (χ1v) is 8.27. The fourth-order valence-electron chi connectivity index (χ4n) is 1.82. The van der Waals surface area contributed by atoms with Crippen LogP contribution in [0.4, 0.5) is 0 Å². The molecule has 0 saturated carbocycles. The van der Waals surface area contributed by atoms with Crippen LogP contribution in [0.25, 0.3) is 0 Å². The molecule has 1 unspecified atom stereocenters. The number of nitrogens with zero attached hydrogens (tertiary/aromatic N) is 2. The minimum Gasteiger partial charge on any atom is -0.466 e. The summed E-state index contributed by atoms with van der Waals surface area (Å²) in [5.41, 5.74) is 0. The summed E-state index contributed by atoms with van der Waals surface area (Å²) in [6.07, 6.45) is 7.60. The van der Waals surface area contributed by atoms with Crippen molar-refractivity contribution in [2.75, 3.05) is 6.54 Å². The maximum atomic E-state index is 5.80. The molecule has 0 aliphatic heterocycles. The van der Waals surface area contributed by atoms with E-state index < -0.39 is 0 Å². The van der Waals surface area contributed by atoms with Crippen LogP contribution >= 0.6 is 11.3 Å². The number of nitrogens with one attached hydrogen (secondary N) is 1. The summed E-state index contributed by atoms with van der Waals surface area (Å²) in [5, 5.41) is 13.2. The molecular weight excluding hydrogens is 258 g/mol. The highest BCUT2D eigenvalue weighted by atomic mass is 32.1. The summed E-state index contributed by atoms with van der Waals surface area (Å²) in [6, 6.07) is 0. The summed E-state index contributed by atoms with van der Waals surface area (Å²) >= 11 is 1.55. The maximum absolute atomic E-state index is 5.80. The Morgan fingerprint density at radius 1 is 1.16 bits per heavy atom. The Balaban J connectivity index is 2.20. The molecule has 0 spiro atoms. The third kappa shape index (κ3) is 7.47. The zero-order chi connectivity index (χ0) is 13.9. The van der Waals surface area contributed by atoms with E-state index in [1.165, 1.54) is 25.7 Å². The van der Waals surface area contributed by atoms with Gasteiger partial charge in [-0.05, 0) is 32.7 Å². The first-order chi connectivity index (χ1) is 9.26. The highest BCUT2D eigenvalue weighted by molar-refractivity contribution is 7.13. The van der Waals surface area contributed by atoms with Crippen LogP contribution in [0.3, 0.4) is 0 Å². The number of hydrogen-bond acceptors (Lipinski definition) is 5. The fraction of sp³-hybridized carbons (Fsp3) is 0.857. The number of hydrogen-bond donors (Lipinski definition) is 1. The summed E-state index contributed by atoms with van der Waals surface area (Å²) in [7, 11) is 0. The molecular formula is C14H27N3OS. The monoisotopic (exact) mass is 285 g/mol. The molecule has 0 fully saturated rings. The Morgan fingerprint density at radius 3 is 2.74 bits per heavy atom. The molecule has 1 aromatic rings. The van der Waals surface area contributed by atoms with Crippen LogP contribution < -0.4 is 10.1 Å². The van der Waals surface area contributed by atoms with Crippen LogP contribution in [-0.4, -0.2) is 22.8 Å². The van der Waals surface area contributed by atoms with Gasteiger partial charge in [-0.3, -0.25) is 0 Å². The molecule has 0 bridgehead atoms. The smallest absolute Gasteiger partial charge is 0.294 e. The molecule has 0 saturated heterocycles. The number of rotatable bonds is 11. The second-order valence-corrected chi connectivity index (χ2v) is 5.94. The van der Waals surface area contributed by atoms with Crippen molar-refractivity contribution in [2.24, 2.45) is 0 Å². The van der Waals surface area contributed by atoms with Gasteiger partial charge in [-0.25, -0.2) is 0 Å². The van der Waals surface area contributed by atoms with Gasteiger partial charge in [-0.15, -0.1) is 5.10 Å². The molecule has 4 nitrogen and oxygen atoms in total. The van der Waals surface area contributed by atoms with Gasteiger partial charge < -0.3 is 10.1 Å². The van der Waals surface area contributed by atoms with Crippen LogP contribution in [0.1, 0.15) is 64.3 Å². The Labute approximate surface area is 121 Å². The lowest BCUT2D eigenvalue weighted by Gasteiger charge is -2.11. The van der Waals surface area contributed by atoms with Crippen LogP contribution in [-0.2, 0) is 6.54 Å². The molecule has 0 amide bonds. The van der Waals surface area contributed by atoms with Gasteiger partial charge in [0.05, 0.1) is 6.10 Å². The number of aromatic nitrogens is 2. The van der Waals surface area contributed by atoms with Crippen molar-refractivity contribution >= 4 is 11.3 Å². The molecule has 1 rings (SSSR count). The first-order valence-electron chi connectivity index (χ1n) is 7.46. The Kier molecular flexibility index (Phi) is 8.75. The van der Waals surface area contributed by atoms with E-state index in [0.29, 0.717) is 5.19 Å². The van der Waals surface area contributed by atoms with Gasteiger partial charge in [0.15, 0.2) is 0 Å². The third-order valence-corrected chi connectivity index (χ3v) is 3.73. The average molecular weight is 285 g/mol.